The van der Waals surface area contributed by atoms with Crippen LogP contribution >= 0.6 is 15.9 Å². The zero-order valence-corrected chi connectivity index (χ0v) is 12.6. The summed E-state index contributed by atoms with van der Waals surface area (Å²) >= 11 is 2.91. The van der Waals surface area contributed by atoms with E-state index in [0.717, 1.165) is 6.07 Å². The van der Waals surface area contributed by atoms with Gasteiger partial charge in [0.2, 0.25) is 0 Å². The number of phenols is 1. The van der Waals surface area contributed by atoms with Crippen LogP contribution in [0.15, 0.2) is 21.4 Å². The second-order valence-electron chi connectivity index (χ2n) is 4.38. The molecule has 120 valence electrons. The highest BCUT2D eigenvalue weighted by atomic mass is 79.9. The van der Waals surface area contributed by atoms with E-state index in [4.69, 9.17) is 5.73 Å². The molecule has 1 heterocycles. The third-order valence-electron chi connectivity index (χ3n) is 2.96. The number of aromatic nitrogens is 1. The molecule has 1 aromatic carbocycles. The maximum atomic E-state index is 13.3. The van der Waals surface area contributed by atoms with E-state index in [1.807, 2.05) is 4.98 Å². The number of benzene rings is 1. The first kappa shape index (κ1) is 16.5. The number of hydrogen-bond donors (Lipinski definition) is 5. The van der Waals surface area contributed by atoms with E-state index in [0.29, 0.717) is 6.07 Å². The molecule has 0 bridgehead atoms. The van der Waals surface area contributed by atoms with Gasteiger partial charge < -0.3 is 26.0 Å². The number of halogens is 2. The molecule has 0 aliphatic rings. The lowest BCUT2D eigenvalue weighted by Crippen LogP contribution is -2.24. The molecule has 0 radical (unpaired) electrons. The molecule has 0 spiro atoms. The van der Waals surface area contributed by atoms with Crippen LogP contribution in [0.2, 0.25) is 0 Å². The van der Waals surface area contributed by atoms with Gasteiger partial charge >= 0.3 is 11.9 Å². The third kappa shape index (κ3) is 2.75. The first-order valence-corrected chi connectivity index (χ1v) is 6.65. The van der Waals surface area contributed by atoms with Gasteiger partial charge in [-0.25, -0.2) is 14.0 Å². The van der Waals surface area contributed by atoms with Gasteiger partial charge in [-0.05, 0) is 22.0 Å². The summed E-state index contributed by atoms with van der Waals surface area (Å²) in [5, 5.41) is 28.4. The maximum absolute atomic E-state index is 13.3. The maximum Gasteiger partial charge on any atom is 0.342 e. The second kappa shape index (κ2) is 5.72. The van der Waals surface area contributed by atoms with Crippen LogP contribution < -0.4 is 11.3 Å². The number of carbonyl (C=O) groups is 2. The minimum Gasteiger partial charge on any atom is -0.507 e. The van der Waals surface area contributed by atoms with Crippen molar-refractivity contribution < 1.29 is 29.3 Å². The number of nitrogens with two attached hydrogens (primary N) is 1. The number of H-pyrrole nitrogens is 1. The average molecular weight is 387 g/mol. The monoisotopic (exact) mass is 386 g/mol. The van der Waals surface area contributed by atoms with Crippen LogP contribution in [0.3, 0.4) is 0 Å². The molecule has 2 rings (SSSR count). The fourth-order valence-corrected chi connectivity index (χ4v) is 2.72. The van der Waals surface area contributed by atoms with Crippen molar-refractivity contribution in [2.45, 2.75) is 0 Å². The Balaban J connectivity index is 3.10. The lowest BCUT2D eigenvalue weighted by Gasteiger charge is -2.14. The summed E-state index contributed by atoms with van der Waals surface area (Å²) in [6, 6.07) is 1.53. The summed E-state index contributed by atoms with van der Waals surface area (Å²) in [6.07, 6.45) is 0. The van der Waals surface area contributed by atoms with Crippen molar-refractivity contribution in [3.8, 4) is 16.9 Å². The molecule has 0 saturated carbocycles. The van der Waals surface area contributed by atoms with Gasteiger partial charge in [-0.2, -0.15) is 0 Å². The molecule has 0 unspecified atom stereocenters. The predicted molar refractivity (Wildman–Crippen MR) is 80.2 cm³/mol. The van der Waals surface area contributed by atoms with Crippen molar-refractivity contribution in [3.05, 3.63) is 43.9 Å². The van der Waals surface area contributed by atoms with Gasteiger partial charge in [0.1, 0.15) is 28.5 Å². The fraction of sp³-hybridized carbons (Fsp3) is 0. The molecule has 0 saturated heterocycles. The Morgan fingerprint density at radius 2 is 1.70 bits per heavy atom. The quantitative estimate of drug-likeness (QED) is 0.536. The topological polar surface area (TPSA) is 154 Å². The molecule has 1 aromatic heterocycles. The Kier molecular flexibility index (Phi) is 4.10. The molecule has 0 amide bonds. The SMILES string of the molecule is Nc1[nH]c(=O)c(C(=O)O)c(-c2c(O)cc(F)cc2Br)c1C(=O)O. The van der Waals surface area contributed by atoms with Crippen LogP contribution in [0, 0.1) is 5.82 Å². The molecule has 10 heteroatoms. The summed E-state index contributed by atoms with van der Waals surface area (Å²) in [5.74, 6) is -5.58. The van der Waals surface area contributed by atoms with Crippen LogP contribution in [0.5, 0.6) is 5.75 Å². The molecular weight excluding hydrogens is 379 g/mol. The second-order valence-corrected chi connectivity index (χ2v) is 5.24. The number of pyridine rings is 1. The lowest BCUT2D eigenvalue weighted by molar-refractivity contribution is 0.0695. The Morgan fingerprint density at radius 3 is 2.17 bits per heavy atom. The van der Waals surface area contributed by atoms with Crippen LogP contribution in [0.1, 0.15) is 20.7 Å². The molecule has 0 fully saturated rings. The van der Waals surface area contributed by atoms with Gasteiger partial charge in [-0.15, -0.1) is 0 Å². The first-order chi connectivity index (χ1) is 10.6. The number of phenolic OH excluding ortho intramolecular Hbond substituents is 1. The molecule has 2 aromatic rings. The Bertz CT molecular complexity index is 885. The average Bonchev–Trinajstić information content (AvgIpc) is 2.35. The highest BCUT2D eigenvalue weighted by molar-refractivity contribution is 9.10. The zero-order valence-electron chi connectivity index (χ0n) is 11.1. The van der Waals surface area contributed by atoms with Crippen LogP contribution in [-0.4, -0.2) is 32.2 Å². The van der Waals surface area contributed by atoms with Crippen LogP contribution in [-0.2, 0) is 0 Å². The van der Waals surface area contributed by atoms with E-state index in [-0.39, 0.29) is 10.0 Å². The molecule has 0 aliphatic heterocycles. The van der Waals surface area contributed by atoms with E-state index in [1.165, 1.54) is 0 Å². The number of aromatic hydroxyl groups is 1. The number of nitrogens with one attached hydrogen (secondary N) is 1. The van der Waals surface area contributed by atoms with Gasteiger partial charge in [0, 0.05) is 21.7 Å². The van der Waals surface area contributed by atoms with Crippen molar-refractivity contribution in [1.82, 2.24) is 4.98 Å². The van der Waals surface area contributed by atoms with Crippen molar-refractivity contribution >= 4 is 33.7 Å². The highest BCUT2D eigenvalue weighted by Crippen LogP contribution is 2.40. The number of anilines is 1. The minimum absolute atomic E-state index is 0.148. The third-order valence-corrected chi connectivity index (χ3v) is 3.58. The van der Waals surface area contributed by atoms with E-state index in [2.05, 4.69) is 15.9 Å². The van der Waals surface area contributed by atoms with Gasteiger partial charge in [-0.3, -0.25) is 4.79 Å². The predicted octanol–water partition coefficient (Wildman–Crippen LogP) is 1.63. The smallest absolute Gasteiger partial charge is 0.342 e. The van der Waals surface area contributed by atoms with E-state index >= 15 is 0 Å². The van der Waals surface area contributed by atoms with E-state index < -0.39 is 51.6 Å². The van der Waals surface area contributed by atoms with Gasteiger partial charge in [-0.1, -0.05) is 0 Å². The summed E-state index contributed by atoms with van der Waals surface area (Å²) < 4.78 is 13.1. The zero-order chi connectivity index (χ0) is 17.5. The number of nitrogen functional groups attached to an aromatic ring is 1. The summed E-state index contributed by atoms with van der Waals surface area (Å²) in [7, 11) is 0. The van der Waals surface area contributed by atoms with Crippen LogP contribution in [0.25, 0.3) is 11.1 Å². The number of aromatic carboxylic acids is 2. The summed E-state index contributed by atoms with van der Waals surface area (Å²) in [4.78, 5) is 36.6. The minimum atomic E-state index is -1.74. The van der Waals surface area contributed by atoms with Crippen molar-refractivity contribution in [1.29, 1.82) is 0 Å². The van der Waals surface area contributed by atoms with Crippen LogP contribution in [0.4, 0.5) is 10.2 Å². The highest BCUT2D eigenvalue weighted by Gasteiger charge is 2.29. The first-order valence-electron chi connectivity index (χ1n) is 5.85. The van der Waals surface area contributed by atoms with E-state index in [9.17, 15) is 34.1 Å². The fourth-order valence-electron chi connectivity index (χ4n) is 2.10. The normalized spacial score (nSPS) is 10.5. The van der Waals surface area contributed by atoms with E-state index in [1.54, 1.807) is 0 Å². The Labute approximate surface area is 135 Å². The van der Waals surface area contributed by atoms with Gasteiger partial charge in [0.05, 0.1) is 0 Å². The Morgan fingerprint density at radius 1 is 1.13 bits per heavy atom. The number of aromatic amines is 1. The summed E-state index contributed by atoms with van der Waals surface area (Å²) in [5.41, 5.74) is 1.62. The molecule has 6 N–H and O–H groups in total. The lowest BCUT2D eigenvalue weighted by atomic mass is 9.94. The Hall–Kier alpha value is -2.88. The van der Waals surface area contributed by atoms with Crippen molar-refractivity contribution in [2.24, 2.45) is 0 Å². The number of carboxylic acids is 2. The van der Waals surface area contributed by atoms with Crippen molar-refractivity contribution in [2.75, 3.05) is 5.73 Å². The molecule has 8 nitrogen and oxygen atoms in total. The van der Waals surface area contributed by atoms with Crippen molar-refractivity contribution in [3.63, 3.8) is 0 Å². The largest absolute Gasteiger partial charge is 0.507 e. The standard InChI is InChI=1S/C13H8BrFN2O6/c14-4-1-3(15)2-5(18)6(4)7-8(12(20)21)10(16)17-11(19)9(7)13(22)23/h1-2,18H,(H,20,21)(H,22,23)(H3,16,17,19). The number of rotatable bonds is 3. The summed E-state index contributed by atoms with van der Waals surface area (Å²) in [6.45, 7) is 0. The van der Waals surface area contributed by atoms with Gasteiger partial charge in [0.15, 0.2) is 0 Å². The molecule has 0 atom stereocenters. The van der Waals surface area contributed by atoms with Gasteiger partial charge in [0.25, 0.3) is 5.56 Å². The number of carboxylic acid groups (broad SMARTS) is 2. The molecular formula is C13H8BrFN2O6. The molecule has 23 heavy (non-hydrogen) atoms. The number of hydrogen-bond acceptors (Lipinski definition) is 5. The molecule has 0 aliphatic carbocycles.